The van der Waals surface area contributed by atoms with Gasteiger partial charge in [-0.05, 0) is 12.2 Å². The van der Waals surface area contributed by atoms with E-state index >= 15 is 0 Å². The molecule has 98 valence electrons. The smallest absolute Gasteiger partial charge is 0.385 e. The average molecular weight is 267 g/mol. The molecule has 0 saturated heterocycles. The number of hydrogen-bond acceptors (Lipinski definition) is 3. The van der Waals surface area contributed by atoms with E-state index in [9.17, 15) is 22.0 Å². The van der Waals surface area contributed by atoms with Gasteiger partial charge < -0.3 is 10.5 Å². The SMILES string of the molecule is COCCCSC(CN)C(F)(F)C(F)(F)F. The number of rotatable bonds is 7. The highest BCUT2D eigenvalue weighted by molar-refractivity contribution is 8.00. The molecule has 0 heterocycles. The molecule has 16 heavy (non-hydrogen) atoms. The van der Waals surface area contributed by atoms with Crippen molar-refractivity contribution < 1.29 is 26.7 Å². The standard InChI is InChI=1S/C8H14F5NOS/c1-15-3-2-4-16-6(5-14)7(9,10)8(11,12)13/h6H,2-5,14H2,1H3. The number of nitrogens with two attached hydrogens (primary N) is 1. The van der Waals surface area contributed by atoms with E-state index in [2.05, 4.69) is 4.74 Å². The summed E-state index contributed by atoms with van der Waals surface area (Å²) in [5.41, 5.74) is 4.94. The molecule has 0 aliphatic rings. The van der Waals surface area contributed by atoms with E-state index in [0.717, 1.165) is 0 Å². The predicted molar refractivity (Wildman–Crippen MR) is 52.8 cm³/mol. The Morgan fingerprint density at radius 2 is 1.81 bits per heavy atom. The van der Waals surface area contributed by atoms with E-state index in [1.807, 2.05) is 0 Å². The largest absolute Gasteiger partial charge is 0.454 e. The molecule has 0 aliphatic heterocycles. The van der Waals surface area contributed by atoms with Gasteiger partial charge >= 0.3 is 12.1 Å². The number of thioether (sulfide) groups is 1. The van der Waals surface area contributed by atoms with Crippen LogP contribution in [0.3, 0.4) is 0 Å². The molecule has 0 aromatic rings. The van der Waals surface area contributed by atoms with Crippen LogP contribution in [0.1, 0.15) is 6.42 Å². The molecule has 0 aromatic heterocycles. The first-order valence-corrected chi connectivity index (χ1v) is 5.57. The first-order chi connectivity index (χ1) is 7.27. The molecular formula is C8H14F5NOS. The van der Waals surface area contributed by atoms with Gasteiger partial charge in [0.2, 0.25) is 0 Å². The molecule has 8 heteroatoms. The summed E-state index contributed by atoms with van der Waals surface area (Å²) in [7, 11) is 1.43. The third-order valence-corrected chi connectivity index (χ3v) is 3.22. The minimum atomic E-state index is -5.55. The topological polar surface area (TPSA) is 35.2 Å². The second kappa shape index (κ2) is 6.61. The highest BCUT2D eigenvalue weighted by Gasteiger charge is 2.61. The molecule has 2 nitrogen and oxygen atoms in total. The van der Waals surface area contributed by atoms with Crippen LogP contribution in [0.2, 0.25) is 0 Å². The lowest BCUT2D eigenvalue weighted by Gasteiger charge is -2.27. The zero-order valence-electron chi connectivity index (χ0n) is 8.69. The minimum Gasteiger partial charge on any atom is -0.385 e. The zero-order valence-corrected chi connectivity index (χ0v) is 9.51. The Balaban J connectivity index is 4.26. The van der Waals surface area contributed by atoms with Gasteiger partial charge in [0.1, 0.15) is 0 Å². The maximum absolute atomic E-state index is 12.8. The molecule has 0 fully saturated rings. The van der Waals surface area contributed by atoms with Crippen molar-refractivity contribution in [3.8, 4) is 0 Å². The molecule has 0 rings (SSSR count). The van der Waals surface area contributed by atoms with Crippen molar-refractivity contribution in [2.75, 3.05) is 26.0 Å². The van der Waals surface area contributed by atoms with E-state index in [1.165, 1.54) is 7.11 Å². The van der Waals surface area contributed by atoms with Crippen molar-refractivity contribution >= 4 is 11.8 Å². The van der Waals surface area contributed by atoms with Crippen LogP contribution in [0.25, 0.3) is 0 Å². The fourth-order valence-electron chi connectivity index (χ4n) is 0.932. The first kappa shape index (κ1) is 15.9. The molecule has 0 radical (unpaired) electrons. The molecule has 0 spiro atoms. The zero-order chi connectivity index (χ0) is 12.8. The lowest BCUT2D eigenvalue weighted by Crippen LogP contribution is -2.48. The molecule has 1 unspecified atom stereocenters. The van der Waals surface area contributed by atoms with Gasteiger partial charge in [0.25, 0.3) is 0 Å². The monoisotopic (exact) mass is 267 g/mol. The summed E-state index contributed by atoms with van der Waals surface area (Å²) in [5, 5.41) is -1.94. The van der Waals surface area contributed by atoms with Crippen LogP contribution in [0, 0.1) is 0 Å². The van der Waals surface area contributed by atoms with Crippen molar-refractivity contribution in [3.05, 3.63) is 0 Å². The van der Waals surface area contributed by atoms with Gasteiger partial charge in [-0.25, -0.2) is 0 Å². The van der Waals surface area contributed by atoms with Gasteiger partial charge in [-0.3, -0.25) is 0 Å². The first-order valence-electron chi connectivity index (χ1n) is 4.52. The minimum absolute atomic E-state index is 0.154. The van der Waals surface area contributed by atoms with E-state index in [1.54, 1.807) is 0 Å². The van der Waals surface area contributed by atoms with Gasteiger partial charge in [-0.2, -0.15) is 33.7 Å². The van der Waals surface area contributed by atoms with E-state index in [-0.39, 0.29) is 5.75 Å². The summed E-state index contributed by atoms with van der Waals surface area (Å²) in [6, 6.07) is 0. The van der Waals surface area contributed by atoms with Gasteiger partial charge in [-0.1, -0.05) is 0 Å². The van der Waals surface area contributed by atoms with E-state index in [4.69, 9.17) is 5.73 Å². The quantitative estimate of drug-likeness (QED) is 0.568. The Bertz CT molecular complexity index is 199. The van der Waals surface area contributed by atoms with Crippen molar-refractivity contribution in [1.29, 1.82) is 0 Å². The number of alkyl halides is 5. The Labute approximate surface area is 94.7 Å². The van der Waals surface area contributed by atoms with Crippen LogP contribution >= 0.6 is 11.8 Å². The molecule has 0 amide bonds. The summed E-state index contributed by atoms with van der Waals surface area (Å²) in [4.78, 5) is 0. The average Bonchev–Trinajstić information content (AvgIpc) is 2.16. The highest BCUT2D eigenvalue weighted by Crippen LogP contribution is 2.42. The van der Waals surface area contributed by atoms with Crippen LogP contribution in [-0.4, -0.2) is 43.4 Å². The van der Waals surface area contributed by atoms with Crippen LogP contribution in [0.5, 0.6) is 0 Å². The molecule has 0 bridgehead atoms. The van der Waals surface area contributed by atoms with Crippen LogP contribution in [0.4, 0.5) is 22.0 Å². The summed E-state index contributed by atoms with van der Waals surface area (Å²) in [6.45, 7) is -0.397. The summed E-state index contributed by atoms with van der Waals surface area (Å²) < 4.78 is 66.4. The molecular weight excluding hydrogens is 253 g/mol. The van der Waals surface area contributed by atoms with Crippen LogP contribution in [0.15, 0.2) is 0 Å². The highest BCUT2D eigenvalue weighted by atomic mass is 32.2. The number of ether oxygens (including phenoxy) is 1. The van der Waals surface area contributed by atoms with Crippen molar-refractivity contribution in [3.63, 3.8) is 0 Å². The Kier molecular flexibility index (Phi) is 6.57. The second-order valence-corrected chi connectivity index (χ2v) is 4.37. The summed E-state index contributed by atoms with van der Waals surface area (Å²) in [6.07, 6.45) is -5.14. The maximum Gasteiger partial charge on any atom is 0.454 e. The molecule has 2 N–H and O–H groups in total. The molecule has 0 aliphatic carbocycles. The van der Waals surface area contributed by atoms with Crippen LogP contribution < -0.4 is 5.73 Å². The van der Waals surface area contributed by atoms with Crippen molar-refractivity contribution in [2.24, 2.45) is 5.73 Å². The normalized spacial score (nSPS) is 15.2. The van der Waals surface area contributed by atoms with Crippen molar-refractivity contribution in [1.82, 2.24) is 0 Å². The molecule has 1 atom stereocenters. The predicted octanol–water partition coefficient (Wildman–Crippen LogP) is 2.28. The van der Waals surface area contributed by atoms with E-state index < -0.39 is 23.9 Å². The van der Waals surface area contributed by atoms with Crippen LogP contribution in [-0.2, 0) is 4.74 Å². The van der Waals surface area contributed by atoms with E-state index in [0.29, 0.717) is 24.8 Å². The molecule has 0 aromatic carbocycles. The Morgan fingerprint density at radius 3 is 2.19 bits per heavy atom. The number of halogens is 5. The van der Waals surface area contributed by atoms with Gasteiger partial charge in [0, 0.05) is 20.3 Å². The summed E-state index contributed by atoms with van der Waals surface area (Å²) >= 11 is 0.520. The lowest BCUT2D eigenvalue weighted by molar-refractivity contribution is -0.280. The number of hydrogen-bond donors (Lipinski definition) is 1. The maximum atomic E-state index is 12.8. The second-order valence-electron chi connectivity index (χ2n) is 3.06. The molecule has 0 saturated carbocycles. The van der Waals surface area contributed by atoms with Crippen molar-refractivity contribution in [2.45, 2.75) is 23.8 Å². The summed E-state index contributed by atoms with van der Waals surface area (Å²) in [5.74, 6) is -4.60. The number of methoxy groups -OCH3 is 1. The van der Waals surface area contributed by atoms with Gasteiger partial charge in [0.15, 0.2) is 0 Å². The third-order valence-electron chi connectivity index (χ3n) is 1.81. The lowest BCUT2D eigenvalue weighted by atomic mass is 10.2. The van der Waals surface area contributed by atoms with Gasteiger partial charge in [-0.15, -0.1) is 0 Å². The van der Waals surface area contributed by atoms with Gasteiger partial charge in [0.05, 0.1) is 5.25 Å². The fraction of sp³-hybridized carbons (Fsp3) is 1.00. The third kappa shape index (κ3) is 4.42. The Morgan fingerprint density at radius 1 is 1.25 bits per heavy atom. The Hall–Kier alpha value is -0.0800. The fourth-order valence-corrected chi connectivity index (χ4v) is 1.98.